The summed E-state index contributed by atoms with van der Waals surface area (Å²) < 4.78 is 54.3. The van der Waals surface area contributed by atoms with Crippen LogP contribution in [0.4, 0.5) is 13.2 Å². The number of amides is 1. The normalized spacial score (nSPS) is 15.8. The Hall–Kier alpha value is -4.42. The van der Waals surface area contributed by atoms with Crippen molar-refractivity contribution in [3.05, 3.63) is 71.3 Å². The van der Waals surface area contributed by atoms with Crippen LogP contribution in [-0.4, -0.2) is 47.1 Å². The Balaban J connectivity index is 1.45. The van der Waals surface area contributed by atoms with Crippen LogP contribution < -0.4 is 0 Å². The maximum Gasteiger partial charge on any atom is 0.292 e. The minimum atomic E-state index is -3.06. The van der Waals surface area contributed by atoms with Gasteiger partial charge in [-0.05, 0) is 18.2 Å². The molecule has 13 heteroatoms. The number of aromatic nitrogens is 6. The average molecular weight is 483 g/mol. The van der Waals surface area contributed by atoms with Crippen molar-refractivity contribution < 1.29 is 26.8 Å². The Morgan fingerprint density at radius 1 is 1.23 bits per heavy atom. The second kappa shape index (κ2) is 7.82. The summed E-state index contributed by atoms with van der Waals surface area (Å²) in [6.07, 6.45) is 0.384. The van der Waals surface area contributed by atoms with Crippen LogP contribution in [0, 0.1) is 5.82 Å². The first-order valence-electron chi connectivity index (χ1n) is 10.6. The number of halogens is 3. The van der Waals surface area contributed by atoms with Gasteiger partial charge in [0.1, 0.15) is 17.0 Å². The number of hydrogen-bond acceptors (Lipinski definition) is 7. The SMILES string of the molecule is Cn1ccc(-c2nc(C(F)F)c(C(=O)N3CCc4[nH]cnc4[C@H]3c3nc4cc(F)ccc4o3)o2)n1. The Kier molecular flexibility index (Phi) is 4.72. The summed E-state index contributed by atoms with van der Waals surface area (Å²) in [7, 11) is 1.65. The molecule has 5 aromatic rings. The number of rotatable bonds is 4. The Labute approximate surface area is 194 Å². The highest BCUT2D eigenvalue weighted by Gasteiger charge is 2.41. The molecule has 1 amide bonds. The molecule has 1 aliphatic rings. The van der Waals surface area contributed by atoms with E-state index in [9.17, 15) is 18.0 Å². The van der Waals surface area contributed by atoms with Crippen LogP contribution in [0.25, 0.3) is 22.7 Å². The number of carbonyl (C=O) groups is 1. The first kappa shape index (κ1) is 21.1. The summed E-state index contributed by atoms with van der Waals surface area (Å²) in [5.41, 5.74) is 1.16. The van der Waals surface area contributed by atoms with E-state index in [4.69, 9.17) is 8.83 Å². The summed E-state index contributed by atoms with van der Waals surface area (Å²) in [6.45, 7) is 0.133. The molecule has 0 saturated heterocycles. The summed E-state index contributed by atoms with van der Waals surface area (Å²) in [6, 6.07) is 4.43. The molecule has 0 unspecified atom stereocenters. The van der Waals surface area contributed by atoms with Gasteiger partial charge in [-0.15, -0.1) is 0 Å². The molecule has 0 spiro atoms. The molecule has 0 aliphatic carbocycles. The first-order chi connectivity index (χ1) is 16.9. The molecule has 0 radical (unpaired) electrons. The highest BCUT2D eigenvalue weighted by atomic mass is 19.3. The zero-order valence-corrected chi connectivity index (χ0v) is 18.1. The third-order valence-electron chi connectivity index (χ3n) is 5.77. The number of fused-ring (bicyclic) bond motifs is 2. The van der Waals surface area contributed by atoms with E-state index in [1.165, 1.54) is 40.2 Å². The van der Waals surface area contributed by atoms with E-state index in [1.54, 1.807) is 13.2 Å². The fourth-order valence-corrected chi connectivity index (χ4v) is 4.18. The zero-order chi connectivity index (χ0) is 24.3. The molecule has 35 heavy (non-hydrogen) atoms. The van der Waals surface area contributed by atoms with Crippen molar-refractivity contribution in [1.82, 2.24) is 34.6 Å². The smallest absolute Gasteiger partial charge is 0.292 e. The molecule has 4 aromatic heterocycles. The quantitative estimate of drug-likeness (QED) is 0.413. The number of carbonyl (C=O) groups excluding carboxylic acids is 1. The lowest BCUT2D eigenvalue weighted by Crippen LogP contribution is -2.41. The number of nitrogens with zero attached hydrogens (tertiary/aromatic N) is 6. The molecular weight excluding hydrogens is 467 g/mol. The van der Waals surface area contributed by atoms with Gasteiger partial charge in [0.2, 0.25) is 17.5 Å². The maximum absolute atomic E-state index is 13.9. The number of aryl methyl sites for hydroxylation is 1. The molecule has 0 saturated carbocycles. The number of hydrogen-bond donors (Lipinski definition) is 1. The maximum atomic E-state index is 13.9. The van der Waals surface area contributed by atoms with Crippen molar-refractivity contribution in [3.63, 3.8) is 0 Å². The van der Waals surface area contributed by atoms with E-state index in [2.05, 4.69) is 25.0 Å². The number of alkyl halides is 2. The summed E-state index contributed by atoms with van der Waals surface area (Å²) in [5, 5.41) is 4.10. The molecule has 1 atom stereocenters. The molecule has 178 valence electrons. The van der Waals surface area contributed by atoms with E-state index < -0.39 is 35.6 Å². The minimum Gasteiger partial charge on any atom is -0.438 e. The van der Waals surface area contributed by atoms with Gasteiger partial charge in [-0.1, -0.05) is 0 Å². The van der Waals surface area contributed by atoms with Crippen molar-refractivity contribution in [2.45, 2.75) is 18.9 Å². The number of aromatic amines is 1. The van der Waals surface area contributed by atoms with Crippen molar-refractivity contribution in [2.75, 3.05) is 6.54 Å². The van der Waals surface area contributed by atoms with Crippen molar-refractivity contribution >= 4 is 17.0 Å². The Morgan fingerprint density at radius 3 is 2.86 bits per heavy atom. The monoisotopic (exact) mass is 483 g/mol. The van der Waals surface area contributed by atoms with Gasteiger partial charge < -0.3 is 18.7 Å². The zero-order valence-electron chi connectivity index (χ0n) is 18.1. The molecule has 6 rings (SSSR count). The highest BCUT2D eigenvalue weighted by Crippen LogP contribution is 2.37. The molecule has 5 heterocycles. The molecule has 10 nitrogen and oxygen atoms in total. The summed E-state index contributed by atoms with van der Waals surface area (Å²) in [5.74, 6) is -2.07. The van der Waals surface area contributed by atoms with Gasteiger partial charge >= 0.3 is 0 Å². The number of imidazole rings is 1. The van der Waals surface area contributed by atoms with Crippen LogP contribution in [0.3, 0.4) is 0 Å². The number of benzene rings is 1. The third-order valence-corrected chi connectivity index (χ3v) is 5.77. The second-order valence-electron chi connectivity index (χ2n) is 7.99. The lowest BCUT2D eigenvalue weighted by Gasteiger charge is -2.32. The minimum absolute atomic E-state index is 0.0649. The van der Waals surface area contributed by atoms with Gasteiger partial charge in [-0.3, -0.25) is 9.48 Å². The van der Waals surface area contributed by atoms with Gasteiger partial charge in [0.05, 0.1) is 12.0 Å². The second-order valence-corrected chi connectivity index (χ2v) is 7.99. The Morgan fingerprint density at radius 2 is 2.09 bits per heavy atom. The predicted octanol–water partition coefficient (Wildman–Crippen LogP) is 3.80. The third kappa shape index (κ3) is 3.47. The predicted molar refractivity (Wildman–Crippen MR) is 113 cm³/mol. The van der Waals surface area contributed by atoms with Crippen LogP contribution in [0.2, 0.25) is 0 Å². The Bertz CT molecular complexity index is 1570. The van der Waals surface area contributed by atoms with Crippen LogP contribution in [0.15, 0.2) is 45.6 Å². The molecule has 1 N–H and O–H groups in total. The van der Waals surface area contributed by atoms with Crippen LogP contribution in [0.1, 0.15) is 46.0 Å². The lowest BCUT2D eigenvalue weighted by atomic mass is 10.0. The highest BCUT2D eigenvalue weighted by molar-refractivity contribution is 5.93. The largest absolute Gasteiger partial charge is 0.438 e. The van der Waals surface area contributed by atoms with Crippen molar-refractivity contribution in [3.8, 4) is 11.6 Å². The molecule has 1 aromatic carbocycles. The molecule has 1 aliphatic heterocycles. The van der Waals surface area contributed by atoms with Crippen LogP contribution in [-0.2, 0) is 13.5 Å². The van der Waals surface area contributed by atoms with Gasteiger partial charge in [-0.2, -0.15) is 5.10 Å². The van der Waals surface area contributed by atoms with E-state index in [0.717, 1.165) is 5.69 Å². The fourth-order valence-electron chi connectivity index (χ4n) is 4.18. The van der Waals surface area contributed by atoms with E-state index in [0.29, 0.717) is 17.7 Å². The molecular formula is C22H16F3N7O3. The summed E-state index contributed by atoms with van der Waals surface area (Å²) in [4.78, 5) is 30.4. The molecule has 0 bridgehead atoms. The van der Waals surface area contributed by atoms with Crippen molar-refractivity contribution in [1.29, 1.82) is 0 Å². The van der Waals surface area contributed by atoms with Crippen LogP contribution >= 0.6 is 0 Å². The number of nitrogens with one attached hydrogen (secondary N) is 1. The number of oxazole rings is 2. The van der Waals surface area contributed by atoms with Gasteiger partial charge in [0.15, 0.2) is 17.3 Å². The van der Waals surface area contributed by atoms with Gasteiger partial charge in [0.25, 0.3) is 12.3 Å². The standard InChI is InChI=1S/C22H16F3N7O3/c1-31-6-4-12(30-31)20-29-16(19(24)25)18(35-20)22(33)32-7-5-11-15(27-9-26-11)17(32)21-28-13-8-10(23)2-3-14(13)34-21/h2-4,6,8-9,17,19H,5,7H2,1H3,(H,26,27)/t17-/m0/s1. The molecule has 0 fully saturated rings. The summed E-state index contributed by atoms with van der Waals surface area (Å²) >= 11 is 0. The average Bonchev–Trinajstić information content (AvgIpc) is 3.62. The fraction of sp³-hybridized carbons (Fsp3) is 0.227. The van der Waals surface area contributed by atoms with Crippen molar-refractivity contribution in [2.24, 2.45) is 7.05 Å². The van der Waals surface area contributed by atoms with E-state index >= 15 is 0 Å². The first-order valence-corrected chi connectivity index (χ1v) is 10.6. The topological polar surface area (TPSA) is 119 Å². The van der Waals surface area contributed by atoms with Gasteiger partial charge in [-0.25, -0.2) is 28.1 Å². The van der Waals surface area contributed by atoms with E-state index in [-0.39, 0.29) is 29.5 Å². The van der Waals surface area contributed by atoms with E-state index in [1.807, 2.05) is 0 Å². The van der Waals surface area contributed by atoms with Gasteiger partial charge in [0, 0.05) is 38.0 Å². The lowest BCUT2D eigenvalue weighted by molar-refractivity contribution is 0.0621. The van der Waals surface area contributed by atoms with Crippen LogP contribution in [0.5, 0.6) is 0 Å². The number of H-pyrrole nitrogens is 1.